The van der Waals surface area contributed by atoms with E-state index in [1.807, 2.05) is 0 Å². The van der Waals surface area contributed by atoms with Crippen LogP contribution in [0.2, 0.25) is 4.34 Å². The third-order valence-electron chi connectivity index (χ3n) is 2.20. The molecule has 1 aliphatic rings. The van der Waals surface area contributed by atoms with E-state index >= 15 is 0 Å². The van der Waals surface area contributed by atoms with Crippen LogP contribution in [0, 0.1) is 0 Å². The van der Waals surface area contributed by atoms with Crippen LogP contribution in [-0.2, 0) is 11.3 Å². The molecule has 1 saturated heterocycles. The number of ether oxygens (including phenoxy) is 1. The van der Waals surface area contributed by atoms with Gasteiger partial charge in [0.2, 0.25) is 0 Å². The Balaban J connectivity index is 1.92. The maximum atomic E-state index is 5.94. The number of hydrogen-bond acceptors (Lipinski definition) is 5. The van der Waals surface area contributed by atoms with Gasteiger partial charge in [-0.3, -0.25) is 4.90 Å². The summed E-state index contributed by atoms with van der Waals surface area (Å²) >= 11 is 7.18. The van der Waals surface area contributed by atoms with Crippen LogP contribution in [0.15, 0.2) is 0 Å². The average molecular weight is 234 g/mol. The van der Waals surface area contributed by atoms with Gasteiger partial charge < -0.3 is 4.74 Å². The Morgan fingerprint density at radius 2 is 2.36 bits per heavy atom. The van der Waals surface area contributed by atoms with Gasteiger partial charge in [-0.2, -0.15) is 0 Å². The fourth-order valence-corrected chi connectivity index (χ4v) is 2.07. The third-order valence-corrected chi connectivity index (χ3v) is 3.18. The highest BCUT2D eigenvalue weighted by Crippen LogP contribution is 2.19. The van der Waals surface area contributed by atoms with Gasteiger partial charge in [0.25, 0.3) is 0 Å². The molecule has 6 heteroatoms. The Bertz CT molecular complexity index is 286. The minimum Gasteiger partial charge on any atom is -0.380 e. The molecule has 1 aromatic rings. The average Bonchev–Trinajstić information content (AvgIpc) is 2.44. The van der Waals surface area contributed by atoms with E-state index in [4.69, 9.17) is 16.3 Å². The molecule has 0 bridgehead atoms. The molecule has 0 saturated carbocycles. The number of aromatic nitrogens is 2. The summed E-state index contributed by atoms with van der Waals surface area (Å²) in [6.07, 6.45) is 1.08. The van der Waals surface area contributed by atoms with Gasteiger partial charge in [0.15, 0.2) is 0 Å². The quantitative estimate of drug-likeness (QED) is 0.775. The molecule has 0 atom stereocenters. The van der Waals surface area contributed by atoms with Crippen molar-refractivity contribution in [2.24, 2.45) is 0 Å². The first-order valence-electron chi connectivity index (χ1n) is 4.63. The number of nitrogens with zero attached hydrogens (tertiary/aromatic N) is 3. The van der Waals surface area contributed by atoms with Crippen LogP contribution in [0.3, 0.4) is 0 Å². The Morgan fingerprint density at radius 3 is 3.14 bits per heavy atom. The molecule has 0 amide bonds. The van der Waals surface area contributed by atoms with E-state index in [0.29, 0.717) is 4.34 Å². The van der Waals surface area contributed by atoms with Crippen LogP contribution in [-0.4, -0.2) is 40.8 Å². The zero-order chi connectivity index (χ0) is 9.80. The lowest BCUT2D eigenvalue weighted by atomic mass is 10.3. The molecule has 0 unspecified atom stereocenters. The molecule has 0 aromatic carbocycles. The molecule has 78 valence electrons. The molecule has 1 aromatic heterocycles. The molecule has 0 aliphatic carbocycles. The van der Waals surface area contributed by atoms with E-state index in [1.165, 1.54) is 11.5 Å². The summed E-state index contributed by atoms with van der Waals surface area (Å²) in [7, 11) is 0. The van der Waals surface area contributed by atoms with Gasteiger partial charge in [-0.15, -0.1) is 5.10 Å². The highest BCUT2D eigenvalue weighted by molar-refractivity contribution is 7.10. The van der Waals surface area contributed by atoms with Crippen LogP contribution >= 0.6 is 23.1 Å². The minimum absolute atomic E-state index is 0.704. The van der Waals surface area contributed by atoms with Gasteiger partial charge in [0.1, 0.15) is 10.0 Å². The number of rotatable bonds is 2. The fraction of sp³-hybridized carbons (Fsp3) is 0.750. The third kappa shape index (κ3) is 2.63. The largest absolute Gasteiger partial charge is 0.380 e. The smallest absolute Gasteiger partial charge is 0.138 e. The molecule has 2 rings (SSSR count). The standard InChI is InChI=1S/C8H12ClN3OS/c9-8-7(10-11-14-8)6-12-2-1-4-13-5-3-12/h1-6H2. The van der Waals surface area contributed by atoms with Gasteiger partial charge >= 0.3 is 0 Å². The first-order valence-corrected chi connectivity index (χ1v) is 5.78. The first-order chi connectivity index (χ1) is 6.86. The molecule has 0 spiro atoms. The van der Waals surface area contributed by atoms with Crippen LogP contribution in [0.1, 0.15) is 12.1 Å². The second kappa shape index (κ2) is 5.02. The van der Waals surface area contributed by atoms with Crippen molar-refractivity contribution in [3.63, 3.8) is 0 Å². The maximum absolute atomic E-state index is 5.94. The number of hydrogen-bond donors (Lipinski definition) is 0. The van der Waals surface area contributed by atoms with E-state index in [0.717, 1.165) is 45.0 Å². The van der Waals surface area contributed by atoms with Crippen molar-refractivity contribution in [3.05, 3.63) is 10.0 Å². The van der Waals surface area contributed by atoms with E-state index < -0.39 is 0 Å². The van der Waals surface area contributed by atoms with Crippen LogP contribution < -0.4 is 0 Å². The second-order valence-electron chi connectivity index (χ2n) is 3.24. The predicted molar refractivity (Wildman–Crippen MR) is 55.6 cm³/mol. The Labute approximate surface area is 92.0 Å². The lowest BCUT2D eigenvalue weighted by molar-refractivity contribution is 0.140. The molecule has 2 heterocycles. The minimum atomic E-state index is 0.704. The van der Waals surface area contributed by atoms with Crippen molar-refractivity contribution in [1.29, 1.82) is 0 Å². The van der Waals surface area contributed by atoms with Crippen molar-refractivity contribution in [1.82, 2.24) is 14.5 Å². The van der Waals surface area contributed by atoms with Gasteiger partial charge in [-0.25, -0.2) is 0 Å². The molecule has 0 N–H and O–H groups in total. The van der Waals surface area contributed by atoms with E-state index in [2.05, 4.69) is 14.5 Å². The maximum Gasteiger partial charge on any atom is 0.138 e. The van der Waals surface area contributed by atoms with Crippen LogP contribution in [0.25, 0.3) is 0 Å². The molecule has 0 radical (unpaired) electrons. The topological polar surface area (TPSA) is 38.2 Å². The van der Waals surface area contributed by atoms with Gasteiger partial charge in [-0.1, -0.05) is 16.1 Å². The summed E-state index contributed by atoms with van der Waals surface area (Å²) in [5, 5.41) is 3.99. The SMILES string of the molecule is Clc1snnc1CN1CCCOCC1. The van der Waals surface area contributed by atoms with E-state index in [9.17, 15) is 0 Å². The summed E-state index contributed by atoms with van der Waals surface area (Å²) in [6.45, 7) is 4.45. The lowest BCUT2D eigenvalue weighted by Gasteiger charge is -2.17. The zero-order valence-electron chi connectivity index (χ0n) is 7.78. The van der Waals surface area contributed by atoms with E-state index in [-0.39, 0.29) is 0 Å². The normalized spacial score (nSPS) is 19.5. The monoisotopic (exact) mass is 233 g/mol. The van der Waals surface area contributed by atoms with Crippen molar-refractivity contribution < 1.29 is 4.74 Å². The van der Waals surface area contributed by atoms with Gasteiger partial charge in [0, 0.05) is 37.8 Å². The summed E-state index contributed by atoms with van der Waals surface area (Å²) in [5.74, 6) is 0. The summed E-state index contributed by atoms with van der Waals surface area (Å²) < 4.78 is 9.88. The summed E-state index contributed by atoms with van der Waals surface area (Å²) in [5.41, 5.74) is 0.888. The number of halogens is 1. The van der Waals surface area contributed by atoms with Crippen molar-refractivity contribution >= 4 is 23.1 Å². The van der Waals surface area contributed by atoms with Gasteiger partial charge in [0.05, 0.1) is 6.61 Å². The van der Waals surface area contributed by atoms with Crippen LogP contribution in [0.5, 0.6) is 0 Å². The first kappa shape index (κ1) is 10.3. The highest BCUT2D eigenvalue weighted by Gasteiger charge is 2.13. The fourth-order valence-electron chi connectivity index (χ4n) is 1.46. The van der Waals surface area contributed by atoms with Crippen molar-refractivity contribution in [2.75, 3.05) is 26.3 Å². The van der Waals surface area contributed by atoms with Crippen molar-refractivity contribution in [3.8, 4) is 0 Å². The summed E-state index contributed by atoms with van der Waals surface area (Å²) in [6, 6.07) is 0. The Hall–Kier alpha value is -0.230. The molecule has 1 fully saturated rings. The molecule has 1 aliphatic heterocycles. The molecule has 14 heavy (non-hydrogen) atoms. The summed E-state index contributed by atoms with van der Waals surface area (Å²) in [4.78, 5) is 2.30. The zero-order valence-corrected chi connectivity index (χ0v) is 9.35. The Morgan fingerprint density at radius 1 is 1.43 bits per heavy atom. The predicted octanol–water partition coefficient (Wildman–Crippen LogP) is 1.41. The molecular formula is C8H12ClN3OS. The van der Waals surface area contributed by atoms with E-state index in [1.54, 1.807) is 0 Å². The van der Waals surface area contributed by atoms with Gasteiger partial charge in [-0.05, 0) is 6.42 Å². The molecular weight excluding hydrogens is 222 g/mol. The highest BCUT2D eigenvalue weighted by atomic mass is 35.5. The lowest BCUT2D eigenvalue weighted by Crippen LogP contribution is -2.26. The van der Waals surface area contributed by atoms with Crippen LogP contribution in [0.4, 0.5) is 0 Å². The van der Waals surface area contributed by atoms with Crippen molar-refractivity contribution in [2.45, 2.75) is 13.0 Å². The molecule has 4 nitrogen and oxygen atoms in total. The Kier molecular flexibility index (Phi) is 3.69. The second-order valence-corrected chi connectivity index (χ2v) is 4.59.